The number of carboxylic acids is 1. The molecule has 6 heteroatoms. The zero-order valence-electron chi connectivity index (χ0n) is 9.62. The Hall–Kier alpha value is -2.11. The van der Waals surface area contributed by atoms with Crippen LogP contribution in [-0.2, 0) is 6.54 Å². The van der Waals surface area contributed by atoms with Crippen LogP contribution < -0.4 is 0 Å². The average molecular weight is 235 g/mol. The lowest BCUT2D eigenvalue weighted by Gasteiger charge is -2.06. The predicted molar refractivity (Wildman–Crippen MR) is 58.9 cm³/mol. The van der Waals surface area contributed by atoms with Gasteiger partial charge in [-0.3, -0.25) is 0 Å². The van der Waals surface area contributed by atoms with Crippen LogP contribution in [0.2, 0.25) is 0 Å². The summed E-state index contributed by atoms with van der Waals surface area (Å²) < 4.78 is 6.87. The number of aromatic nitrogens is 3. The van der Waals surface area contributed by atoms with E-state index in [0.717, 1.165) is 5.69 Å². The van der Waals surface area contributed by atoms with Crippen LogP contribution in [0.1, 0.15) is 41.8 Å². The zero-order valence-corrected chi connectivity index (χ0v) is 9.62. The molecule has 0 bridgehead atoms. The van der Waals surface area contributed by atoms with Crippen molar-refractivity contribution >= 4 is 5.97 Å². The molecule has 17 heavy (non-hydrogen) atoms. The fourth-order valence-corrected chi connectivity index (χ4v) is 1.56. The third-order valence-electron chi connectivity index (χ3n) is 2.42. The summed E-state index contributed by atoms with van der Waals surface area (Å²) in [6, 6.07) is 3.07. The highest BCUT2D eigenvalue weighted by Gasteiger charge is 2.12. The van der Waals surface area contributed by atoms with E-state index in [-0.39, 0.29) is 5.76 Å². The molecular formula is C11H13N3O3. The fraction of sp³-hybridized carbons (Fsp3) is 0.364. The summed E-state index contributed by atoms with van der Waals surface area (Å²) in [7, 11) is 0. The molecule has 0 saturated heterocycles. The van der Waals surface area contributed by atoms with Gasteiger partial charge in [-0.15, -0.1) is 5.10 Å². The van der Waals surface area contributed by atoms with E-state index in [1.54, 1.807) is 16.9 Å². The van der Waals surface area contributed by atoms with Gasteiger partial charge < -0.3 is 9.52 Å². The smallest absolute Gasteiger partial charge is 0.371 e. The molecule has 2 heterocycles. The minimum absolute atomic E-state index is 0.0637. The first-order valence-corrected chi connectivity index (χ1v) is 5.28. The second kappa shape index (κ2) is 4.40. The van der Waals surface area contributed by atoms with Gasteiger partial charge in [0.1, 0.15) is 12.3 Å². The second-order valence-electron chi connectivity index (χ2n) is 4.04. The van der Waals surface area contributed by atoms with Crippen molar-refractivity contribution in [2.24, 2.45) is 0 Å². The van der Waals surface area contributed by atoms with Crippen molar-refractivity contribution in [3.05, 3.63) is 35.5 Å². The standard InChI is InChI=1S/C11H13N3O3/c1-7(2)9-5-12-13-14(9)6-8-3-4-10(17-8)11(15)16/h3-5,7H,6H2,1-2H3,(H,15,16). The van der Waals surface area contributed by atoms with E-state index in [0.29, 0.717) is 18.2 Å². The van der Waals surface area contributed by atoms with E-state index < -0.39 is 5.97 Å². The van der Waals surface area contributed by atoms with Crippen LogP contribution in [0.4, 0.5) is 0 Å². The summed E-state index contributed by atoms with van der Waals surface area (Å²) in [6.07, 6.45) is 1.70. The van der Waals surface area contributed by atoms with E-state index in [1.165, 1.54) is 6.07 Å². The molecule has 0 spiro atoms. The molecule has 0 aliphatic rings. The number of carboxylic acid groups (broad SMARTS) is 1. The number of furan rings is 1. The monoisotopic (exact) mass is 235 g/mol. The number of hydrogen-bond donors (Lipinski definition) is 1. The molecule has 0 aromatic carbocycles. The number of aromatic carboxylic acids is 1. The van der Waals surface area contributed by atoms with Crippen LogP contribution in [-0.4, -0.2) is 26.1 Å². The van der Waals surface area contributed by atoms with Crippen LogP contribution in [0, 0.1) is 0 Å². The Labute approximate surface area is 97.9 Å². The van der Waals surface area contributed by atoms with Crippen molar-refractivity contribution < 1.29 is 14.3 Å². The van der Waals surface area contributed by atoms with Gasteiger partial charge in [0.2, 0.25) is 5.76 Å². The molecule has 2 aromatic heterocycles. The number of rotatable bonds is 4. The van der Waals surface area contributed by atoms with Gasteiger partial charge in [-0.05, 0) is 18.1 Å². The van der Waals surface area contributed by atoms with Crippen molar-refractivity contribution in [2.75, 3.05) is 0 Å². The lowest BCUT2D eigenvalue weighted by atomic mass is 10.1. The van der Waals surface area contributed by atoms with Gasteiger partial charge in [0.15, 0.2) is 0 Å². The average Bonchev–Trinajstić information content (AvgIpc) is 2.86. The topological polar surface area (TPSA) is 81.2 Å². The largest absolute Gasteiger partial charge is 0.475 e. The first-order valence-electron chi connectivity index (χ1n) is 5.28. The fourth-order valence-electron chi connectivity index (χ4n) is 1.56. The van der Waals surface area contributed by atoms with Gasteiger partial charge in [-0.2, -0.15) is 0 Å². The van der Waals surface area contributed by atoms with Crippen LogP contribution in [0.5, 0.6) is 0 Å². The molecule has 2 rings (SSSR count). The van der Waals surface area contributed by atoms with Gasteiger partial charge in [0.05, 0.1) is 11.9 Å². The molecule has 0 saturated carbocycles. The molecule has 0 unspecified atom stereocenters. The van der Waals surface area contributed by atoms with Crippen LogP contribution >= 0.6 is 0 Å². The highest BCUT2D eigenvalue weighted by Crippen LogP contribution is 2.15. The Morgan fingerprint density at radius 2 is 2.29 bits per heavy atom. The van der Waals surface area contributed by atoms with Gasteiger partial charge in [-0.1, -0.05) is 19.1 Å². The minimum Gasteiger partial charge on any atom is -0.475 e. The maximum Gasteiger partial charge on any atom is 0.371 e. The number of nitrogens with zero attached hydrogens (tertiary/aromatic N) is 3. The van der Waals surface area contributed by atoms with E-state index in [2.05, 4.69) is 10.3 Å². The molecule has 0 radical (unpaired) electrons. The van der Waals surface area contributed by atoms with Crippen molar-refractivity contribution in [1.29, 1.82) is 0 Å². The summed E-state index contributed by atoms with van der Waals surface area (Å²) in [5, 5.41) is 16.5. The third kappa shape index (κ3) is 2.35. The van der Waals surface area contributed by atoms with Crippen molar-refractivity contribution in [3.63, 3.8) is 0 Å². The SMILES string of the molecule is CC(C)c1cnnn1Cc1ccc(C(=O)O)o1. The number of hydrogen-bond acceptors (Lipinski definition) is 4. The molecule has 0 aliphatic heterocycles. The van der Waals surface area contributed by atoms with Gasteiger partial charge in [-0.25, -0.2) is 9.48 Å². The summed E-state index contributed by atoms with van der Waals surface area (Å²) in [4.78, 5) is 10.7. The van der Waals surface area contributed by atoms with E-state index in [9.17, 15) is 4.79 Å². The number of carbonyl (C=O) groups is 1. The first kappa shape index (κ1) is 11.4. The first-order chi connectivity index (χ1) is 8.08. The van der Waals surface area contributed by atoms with Crippen molar-refractivity contribution in [1.82, 2.24) is 15.0 Å². The molecule has 0 aliphatic carbocycles. The second-order valence-corrected chi connectivity index (χ2v) is 4.04. The van der Waals surface area contributed by atoms with E-state index >= 15 is 0 Å². The zero-order chi connectivity index (χ0) is 12.4. The summed E-state index contributed by atoms with van der Waals surface area (Å²) in [6.45, 7) is 4.47. The molecule has 90 valence electrons. The van der Waals surface area contributed by atoms with Gasteiger partial charge in [0, 0.05) is 0 Å². The summed E-state index contributed by atoms with van der Waals surface area (Å²) in [5.41, 5.74) is 0.985. The normalized spacial score (nSPS) is 11.0. The highest BCUT2D eigenvalue weighted by atomic mass is 16.4. The van der Waals surface area contributed by atoms with Crippen LogP contribution in [0.25, 0.3) is 0 Å². The highest BCUT2D eigenvalue weighted by molar-refractivity contribution is 5.84. The minimum atomic E-state index is -1.07. The summed E-state index contributed by atoms with van der Waals surface area (Å²) in [5.74, 6) is -0.279. The van der Waals surface area contributed by atoms with E-state index in [4.69, 9.17) is 9.52 Å². The van der Waals surface area contributed by atoms with Gasteiger partial charge in [0.25, 0.3) is 0 Å². The van der Waals surface area contributed by atoms with E-state index in [1.807, 2.05) is 13.8 Å². The Bertz CT molecular complexity index is 528. The van der Waals surface area contributed by atoms with Crippen LogP contribution in [0.3, 0.4) is 0 Å². The van der Waals surface area contributed by atoms with Crippen molar-refractivity contribution in [2.45, 2.75) is 26.3 Å². The Kier molecular flexibility index (Phi) is 2.95. The molecular weight excluding hydrogens is 222 g/mol. The lowest BCUT2D eigenvalue weighted by molar-refractivity contribution is 0.0660. The maximum absolute atomic E-state index is 10.7. The molecule has 0 atom stereocenters. The van der Waals surface area contributed by atoms with Crippen LogP contribution in [0.15, 0.2) is 22.7 Å². The van der Waals surface area contributed by atoms with Gasteiger partial charge >= 0.3 is 5.97 Å². The van der Waals surface area contributed by atoms with Crippen molar-refractivity contribution in [3.8, 4) is 0 Å². The Morgan fingerprint density at radius 1 is 1.53 bits per heavy atom. The molecule has 1 N–H and O–H groups in total. The third-order valence-corrected chi connectivity index (χ3v) is 2.42. The Balaban J connectivity index is 2.19. The lowest BCUT2D eigenvalue weighted by Crippen LogP contribution is -2.07. The Morgan fingerprint density at radius 3 is 2.88 bits per heavy atom. The summed E-state index contributed by atoms with van der Waals surface area (Å²) >= 11 is 0. The molecule has 0 amide bonds. The predicted octanol–water partition coefficient (Wildman–Crippen LogP) is 1.74. The quantitative estimate of drug-likeness (QED) is 0.872. The molecule has 6 nitrogen and oxygen atoms in total. The molecule has 2 aromatic rings. The maximum atomic E-state index is 10.7. The molecule has 0 fully saturated rings.